The van der Waals surface area contributed by atoms with Crippen LogP contribution in [0.25, 0.3) is 5.65 Å². The summed E-state index contributed by atoms with van der Waals surface area (Å²) in [4.78, 5) is 4.28. The number of hydrogen-bond acceptors (Lipinski definition) is 2. The zero-order valence-corrected chi connectivity index (χ0v) is 8.15. The molecule has 2 aromatic rings. The summed E-state index contributed by atoms with van der Waals surface area (Å²) in [6.45, 7) is 6.28. The van der Waals surface area contributed by atoms with Crippen molar-refractivity contribution in [2.24, 2.45) is 0 Å². The van der Waals surface area contributed by atoms with Crippen molar-refractivity contribution in [3.8, 4) is 0 Å². The van der Waals surface area contributed by atoms with E-state index < -0.39 is 0 Å². The van der Waals surface area contributed by atoms with Crippen molar-refractivity contribution in [2.45, 2.75) is 26.7 Å². The zero-order chi connectivity index (χ0) is 9.42. The third kappa shape index (κ3) is 1.41. The van der Waals surface area contributed by atoms with E-state index in [9.17, 15) is 0 Å². The molecule has 0 radical (unpaired) electrons. The van der Waals surface area contributed by atoms with Crippen LogP contribution in [-0.4, -0.2) is 14.6 Å². The largest absolute Gasteiger partial charge is 0.237 e. The summed E-state index contributed by atoms with van der Waals surface area (Å²) in [5.74, 6) is 0.460. The fourth-order valence-electron chi connectivity index (χ4n) is 1.27. The van der Waals surface area contributed by atoms with Crippen molar-refractivity contribution in [1.82, 2.24) is 14.6 Å². The Morgan fingerprint density at radius 2 is 2.15 bits per heavy atom. The Balaban J connectivity index is 2.62. The van der Waals surface area contributed by atoms with Gasteiger partial charge in [-0.1, -0.05) is 13.8 Å². The molecule has 0 aliphatic heterocycles. The first-order chi connectivity index (χ1) is 6.16. The van der Waals surface area contributed by atoms with Gasteiger partial charge in [-0.3, -0.25) is 0 Å². The molecule has 0 saturated heterocycles. The Hall–Kier alpha value is -1.38. The van der Waals surface area contributed by atoms with Gasteiger partial charge in [-0.05, 0) is 18.4 Å². The predicted molar refractivity (Wildman–Crippen MR) is 51.8 cm³/mol. The number of aromatic nitrogens is 3. The molecule has 2 aromatic heterocycles. The van der Waals surface area contributed by atoms with Gasteiger partial charge < -0.3 is 0 Å². The van der Waals surface area contributed by atoms with Crippen LogP contribution in [0.1, 0.15) is 31.0 Å². The first-order valence-electron chi connectivity index (χ1n) is 4.49. The third-order valence-electron chi connectivity index (χ3n) is 2.05. The molecule has 0 N–H and O–H groups in total. The van der Waals surface area contributed by atoms with Crippen LogP contribution in [0.4, 0.5) is 0 Å². The lowest BCUT2D eigenvalue weighted by molar-refractivity contribution is 0.784. The van der Waals surface area contributed by atoms with E-state index in [1.165, 1.54) is 0 Å². The number of nitrogens with zero attached hydrogens (tertiary/aromatic N) is 3. The van der Waals surface area contributed by atoms with Crippen LogP contribution in [0.3, 0.4) is 0 Å². The van der Waals surface area contributed by atoms with E-state index >= 15 is 0 Å². The first-order valence-corrected chi connectivity index (χ1v) is 4.49. The second-order valence-electron chi connectivity index (χ2n) is 3.66. The number of fused-ring (bicyclic) bond motifs is 1. The molecule has 3 nitrogen and oxygen atoms in total. The van der Waals surface area contributed by atoms with Crippen LogP contribution in [-0.2, 0) is 0 Å². The summed E-state index contributed by atoms with van der Waals surface area (Å²) in [7, 11) is 0. The molecule has 3 heteroatoms. The average Bonchev–Trinajstić information content (AvgIpc) is 2.46. The fraction of sp³-hybridized carbons (Fsp3) is 0.400. The predicted octanol–water partition coefficient (Wildman–Crippen LogP) is 2.16. The van der Waals surface area contributed by atoms with Crippen molar-refractivity contribution < 1.29 is 0 Å². The summed E-state index contributed by atoms with van der Waals surface area (Å²) in [5, 5.41) is 4.43. The Kier molecular flexibility index (Phi) is 1.79. The van der Waals surface area contributed by atoms with Gasteiger partial charge in [-0.25, -0.2) is 9.50 Å². The summed E-state index contributed by atoms with van der Waals surface area (Å²) >= 11 is 0. The lowest BCUT2D eigenvalue weighted by Gasteiger charge is -1.95. The van der Waals surface area contributed by atoms with Crippen LogP contribution in [0.5, 0.6) is 0 Å². The van der Waals surface area contributed by atoms with E-state index in [-0.39, 0.29) is 0 Å². The van der Waals surface area contributed by atoms with Crippen LogP contribution >= 0.6 is 0 Å². The van der Waals surface area contributed by atoms with Crippen LogP contribution in [0, 0.1) is 6.92 Å². The van der Waals surface area contributed by atoms with Gasteiger partial charge in [0.1, 0.15) is 0 Å². The van der Waals surface area contributed by atoms with Crippen molar-refractivity contribution >= 4 is 5.65 Å². The van der Waals surface area contributed by atoms with E-state index in [1.54, 1.807) is 0 Å². The van der Waals surface area contributed by atoms with Gasteiger partial charge in [-0.2, -0.15) is 5.10 Å². The minimum atomic E-state index is 0.460. The van der Waals surface area contributed by atoms with Crippen molar-refractivity contribution in [2.75, 3.05) is 0 Å². The molecule has 0 aliphatic rings. The molecule has 0 aromatic carbocycles. The summed E-state index contributed by atoms with van der Waals surface area (Å²) < 4.78 is 1.84. The van der Waals surface area contributed by atoms with Crippen molar-refractivity contribution in [3.05, 3.63) is 29.7 Å². The van der Waals surface area contributed by atoms with Gasteiger partial charge in [0.2, 0.25) is 0 Å². The molecule has 0 spiro atoms. The minimum absolute atomic E-state index is 0.460. The topological polar surface area (TPSA) is 30.2 Å². The van der Waals surface area contributed by atoms with Crippen molar-refractivity contribution in [3.63, 3.8) is 0 Å². The molecule has 0 amide bonds. The van der Waals surface area contributed by atoms with Gasteiger partial charge >= 0.3 is 0 Å². The molecular formula is C10H13N3. The van der Waals surface area contributed by atoms with E-state index in [4.69, 9.17) is 0 Å². The Morgan fingerprint density at radius 3 is 2.85 bits per heavy atom. The Bertz CT molecular complexity index is 429. The van der Waals surface area contributed by atoms with Crippen LogP contribution in [0.2, 0.25) is 0 Å². The molecule has 0 aliphatic carbocycles. The van der Waals surface area contributed by atoms with Gasteiger partial charge in [0.15, 0.2) is 5.65 Å². The second-order valence-corrected chi connectivity index (χ2v) is 3.66. The van der Waals surface area contributed by atoms with Gasteiger partial charge in [-0.15, -0.1) is 0 Å². The number of hydrogen-bond donors (Lipinski definition) is 0. The molecular weight excluding hydrogens is 162 g/mol. The monoisotopic (exact) mass is 175 g/mol. The molecule has 0 atom stereocenters. The standard InChI is InChI=1S/C10H13N3/c1-7(2)9-4-10-11-5-8(3)6-13(10)12-9/h4-7H,1-3H3. The van der Waals surface area contributed by atoms with Gasteiger partial charge in [0, 0.05) is 18.5 Å². The molecule has 68 valence electrons. The van der Waals surface area contributed by atoms with E-state index in [0.717, 1.165) is 16.9 Å². The number of rotatable bonds is 1. The molecule has 13 heavy (non-hydrogen) atoms. The van der Waals surface area contributed by atoms with E-state index in [1.807, 2.05) is 29.9 Å². The smallest absolute Gasteiger partial charge is 0.155 e. The zero-order valence-electron chi connectivity index (χ0n) is 8.15. The lowest BCUT2D eigenvalue weighted by atomic mass is 10.1. The molecule has 0 fully saturated rings. The average molecular weight is 175 g/mol. The molecule has 0 unspecified atom stereocenters. The van der Waals surface area contributed by atoms with Crippen LogP contribution < -0.4 is 0 Å². The van der Waals surface area contributed by atoms with Crippen LogP contribution in [0.15, 0.2) is 18.5 Å². The summed E-state index contributed by atoms with van der Waals surface area (Å²) in [6, 6.07) is 2.03. The molecule has 0 bridgehead atoms. The normalized spacial score (nSPS) is 11.4. The maximum atomic E-state index is 4.43. The Labute approximate surface area is 77.4 Å². The molecule has 2 heterocycles. The SMILES string of the molecule is Cc1cnc2cc(C(C)C)nn2c1. The minimum Gasteiger partial charge on any atom is -0.237 e. The highest BCUT2D eigenvalue weighted by Gasteiger charge is 2.05. The maximum absolute atomic E-state index is 4.43. The quantitative estimate of drug-likeness (QED) is 0.664. The lowest BCUT2D eigenvalue weighted by Crippen LogP contribution is -1.92. The number of aryl methyl sites for hydroxylation is 1. The van der Waals surface area contributed by atoms with E-state index in [0.29, 0.717) is 5.92 Å². The van der Waals surface area contributed by atoms with Gasteiger partial charge in [0.05, 0.1) is 5.69 Å². The highest BCUT2D eigenvalue weighted by atomic mass is 15.2. The molecule has 2 rings (SSSR count). The maximum Gasteiger partial charge on any atom is 0.155 e. The molecule has 0 saturated carbocycles. The van der Waals surface area contributed by atoms with E-state index in [2.05, 4.69) is 23.9 Å². The first kappa shape index (κ1) is 8.23. The summed E-state index contributed by atoms with van der Waals surface area (Å²) in [6.07, 6.45) is 3.86. The fourth-order valence-corrected chi connectivity index (χ4v) is 1.27. The third-order valence-corrected chi connectivity index (χ3v) is 2.05. The Morgan fingerprint density at radius 1 is 1.38 bits per heavy atom. The highest BCUT2D eigenvalue weighted by molar-refractivity contribution is 5.39. The van der Waals surface area contributed by atoms with Crippen molar-refractivity contribution in [1.29, 1.82) is 0 Å². The van der Waals surface area contributed by atoms with Gasteiger partial charge in [0.25, 0.3) is 0 Å². The highest BCUT2D eigenvalue weighted by Crippen LogP contribution is 2.13. The summed E-state index contributed by atoms with van der Waals surface area (Å²) in [5.41, 5.74) is 3.15. The second kappa shape index (κ2) is 2.83.